The van der Waals surface area contributed by atoms with E-state index in [1.807, 2.05) is 0 Å². The maximum absolute atomic E-state index is 14.1. The van der Waals surface area contributed by atoms with Gasteiger partial charge in [0, 0.05) is 10.6 Å². The molecule has 2 rings (SSSR count). The summed E-state index contributed by atoms with van der Waals surface area (Å²) in [5.74, 6) is -5.99. The summed E-state index contributed by atoms with van der Waals surface area (Å²) in [7, 11) is 0. The molecule has 0 bridgehead atoms. The Kier molecular flexibility index (Phi) is 8.93. The van der Waals surface area contributed by atoms with Crippen LogP contribution in [0.25, 0.3) is 0 Å². The standard InChI is InChI=1S/C26H30Cl2F3NO3/c1-14(24(34)35)13-18-9-12-20(28)22(15(18)2)32(25(4,5)6)23(33)21(16(3)26(29,30)31)17-7-10-19(27)11-8-17/h7-12,14,16,21H,13H2,1-6H3,(H,34,35)/t14-,16+,21-/m0/s1. The molecule has 4 nitrogen and oxygen atoms in total. The second-order valence-corrected chi connectivity index (χ2v) is 10.7. The quantitative estimate of drug-likeness (QED) is 0.398. The fourth-order valence-electron chi connectivity index (χ4n) is 4.04. The second kappa shape index (κ2) is 10.8. The van der Waals surface area contributed by atoms with Gasteiger partial charge >= 0.3 is 12.1 Å². The number of amides is 1. The van der Waals surface area contributed by atoms with Crippen LogP contribution in [0.15, 0.2) is 36.4 Å². The highest BCUT2D eigenvalue weighted by Gasteiger charge is 2.48. The van der Waals surface area contributed by atoms with E-state index in [0.29, 0.717) is 16.1 Å². The Labute approximate surface area is 214 Å². The zero-order valence-corrected chi connectivity index (χ0v) is 22.0. The van der Waals surface area contributed by atoms with Crippen molar-refractivity contribution in [2.75, 3.05) is 4.90 Å². The zero-order valence-electron chi connectivity index (χ0n) is 20.5. The van der Waals surface area contributed by atoms with Gasteiger partial charge in [0.25, 0.3) is 0 Å². The van der Waals surface area contributed by atoms with Gasteiger partial charge in [-0.15, -0.1) is 0 Å². The summed E-state index contributed by atoms with van der Waals surface area (Å²) in [6, 6.07) is 8.98. The molecule has 0 saturated carbocycles. The third-order valence-electron chi connectivity index (χ3n) is 6.07. The number of hydrogen-bond acceptors (Lipinski definition) is 2. The molecule has 0 fully saturated rings. The first kappa shape index (κ1) is 29.0. The predicted octanol–water partition coefficient (Wildman–Crippen LogP) is 7.68. The molecule has 35 heavy (non-hydrogen) atoms. The molecule has 1 N–H and O–H groups in total. The fourth-order valence-corrected chi connectivity index (χ4v) is 4.46. The molecule has 9 heteroatoms. The van der Waals surface area contributed by atoms with Crippen LogP contribution in [0.5, 0.6) is 0 Å². The molecule has 0 spiro atoms. The topological polar surface area (TPSA) is 57.6 Å². The number of anilines is 1. The van der Waals surface area contributed by atoms with E-state index in [1.54, 1.807) is 46.8 Å². The highest BCUT2D eigenvalue weighted by atomic mass is 35.5. The first-order valence-corrected chi connectivity index (χ1v) is 11.9. The third-order valence-corrected chi connectivity index (χ3v) is 6.62. The number of halogens is 5. The molecule has 2 aromatic carbocycles. The van der Waals surface area contributed by atoms with Crippen molar-refractivity contribution < 1.29 is 27.9 Å². The molecule has 0 radical (unpaired) electrons. The summed E-state index contributed by atoms with van der Waals surface area (Å²) >= 11 is 12.5. The maximum Gasteiger partial charge on any atom is 0.392 e. The Morgan fingerprint density at radius 2 is 1.54 bits per heavy atom. The van der Waals surface area contributed by atoms with Gasteiger partial charge in [-0.2, -0.15) is 13.2 Å². The van der Waals surface area contributed by atoms with Gasteiger partial charge in [-0.3, -0.25) is 9.59 Å². The lowest BCUT2D eigenvalue weighted by molar-refractivity contribution is -0.178. The number of alkyl halides is 3. The third kappa shape index (κ3) is 6.70. The number of carbonyl (C=O) groups excluding carboxylic acids is 1. The van der Waals surface area contributed by atoms with Gasteiger partial charge in [0.1, 0.15) is 0 Å². The molecule has 0 aromatic heterocycles. The van der Waals surface area contributed by atoms with Gasteiger partial charge in [-0.05, 0) is 69.0 Å². The molecule has 192 valence electrons. The van der Waals surface area contributed by atoms with Crippen LogP contribution in [0.2, 0.25) is 10.0 Å². The number of aliphatic carboxylic acids is 1. The average Bonchev–Trinajstić information content (AvgIpc) is 2.72. The van der Waals surface area contributed by atoms with Crippen LogP contribution < -0.4 is 4.90 Å². The van der Waals surface area contributed by atoms with Crippen LogP contribution in [0.1, 0.15) is 57.2 Å². The first-order chi connectivity index (χ1) is 16.0. The van der Waals surface area contributed by atoms with Crippen molar-refractivity contribution in [3.63, 3.8) is 0 Å². The number of carbonyl (C=O) groups is 2. The summed E-state index contributed by atoms with van der Waals surface area (Å²) in [4.78, 5) is 26.8. The molecule has 0 aliphatic rings. The summed E-state index contributed by atoms with van der Waals surface area (Å²) in [6.07, 6.45) is -4.46. The van der Waals surface area contributed by atoms with Crippen molar-refractivity contribution in [2.24, 2.45) is 11.8 Å². The summed E-state index contributed by atoms with van der Waals surface area (Å²) in [5.41, 5.74) is 0.700. The van der Waals surface area contributed by atoms with Crippen molar-refractivity contribution in [2.45, 2.75) is 65.6 Å². The number of carboxylic acid groups (broad SMARTS) is 1. The summed E-state index contributed by atoms with van der Waals surface area (Å²) < 4.78 is 41.9. The fraction of sp³-hybridized carbons (Fsp3) is 0.462. The molecule has 0 aliphatic carbocycles. The van der Waals surface area contributed by atoms with Crippen LogP contribution in [0, 0.1) is 18.8 Å². The molecule has 1 amide bonds. The van der Waals surface area contributed by atoms with E-state index < -0.39 is 41.3 Å². The predicted molar refractivity (Wildman–Crippen MR) is 133 cm³/mol. The van der Waals surface area contributed by atoms with Gasteiger partial charge in [0.15, 0.2) is 0 Å². The monoisotopic (exact) mass is 531 g/mol. The van der Waals surface area contributed by atoms with Crippen molar-refractivity contribution in [1.82, 2.24) is 0 Å². The first-order valence-electron chi connectivity index (χ1n) is 11.1. The van der Waals surface area contributed by atoms with E-state index in [-0.39, 0.29) is 22.7 Å². The maximum atomic E-state index is 14.1. The SMILES string of the molecule is Cc1c(C[C@H](C)C(=O)O)ccc(Cl)c1N(C(=O)[C@H](c1ccc(Cl)cc1)[C@@H](C)C(F)(F)F)C(C)(C)C. The smallest absolute Gasteiger partial charge is 0.392 e. The second-order valence-electron chi connectivity index (χ2n) is 9.83. The number of hydrogen-bond donors (Lipinski definition) is 1. The Bertz CT molecular complexity index is 1080. The lowest BCUT2D eigenvalue weighted by Crippen LogP contribution is -2.50. The minimum Gasteiger partial charge on any atom is -0.481 e. The lowest BCUT2D eigenvalue weighted by atomic mass is 9.83. The lowest BCUT2D eigenvalue weighted by Gasteiger charge is -2.41. The zero-order chi connectivity index (χ0) is 26.9. The van der Waals surface area contributed by atoms with Gasteiger partial charge < -0.3 is 10.0 Å². The van der Waals surface area contributed by atoms with Crippen LogP contribution >= 0.6 is 23.2 Å². The Morgan fingerprint density at radius 1 is 1.00 bits per heavy atom. The molecule has 3 atom stereocenters. The molecule has 0 unspecified atom stereocenters. The van der Waals surface area contributed by atoms with Crippen LogP contribution in [0.3, 0.4) is 0 Å². The van der Waals surface area contributed by atoms with Crippen molar-refractivity contribution >= 4 is 40.8 Å². The average molecular weight is 532 g/mol. The Balaban J connectivity index is 2.74. The van der Waals surface area contributed by atoms with Gasteiger partial charge in [-0.25, -0.2) is 0 Å². The highest BCUT2D eigenvalue weighted by Crippen LogP contribution is 2.43. The van der Waals surface area contributed by atoms with E-state index in [1.165, 1.54) is 29.2 Å². The van der Waals surface area contributed by atoms with E-state index in [9.17, 15) is 27.9 Å². The van der Waals surface area contributed by atoms with Crippen molar-refractivity contribution in [3.8, 4) is 0 Å². The normalized spacial score (nSPS) is 14.8. The van der Waals surface area contributed by atoms with E-state index >= 15 is 0 Å². The van der Waals surface area contributed by atoms with E-state index in [4.69, 9.17) is 23.2 Å². The van der Waals surface area contributed by atoms with Gasteiger partial charge in [0.05, 0.1) is 28.5 Å². The number of nitrogens with zero attached hydrogens (tertiary/aromatic N) is 1. The van der Waals surface area contributed by atoms with E-state index in [0.717, 1.165) is 6.92 Å². The molecular weight excluding hydrogens is 502 g/mol. The summed E-state index contributed by atoms with van der Waals surface area (Å²) in [5, 5.41) is 9.86. The van der Waals surface area contributed by atoms with Crippen molar-refractivity contribution in [3.05, 3.63) is 63.1 Å². The van der Waals surface area contributed by atoms with Crippen molar-refractivity contribution in [1.29, 1.82) is 0 Å². The largest absolute Gasteiger partial charge is 0.481 e. The highest BCUT2D eigenvalue weighted by molar-refractivity contribution is 6.34. The minimum atomic E-state index is -4.64. The van der Waals surface area contributed by atoms with Crippen LogP contribution in [0.4, 0.5) is 18.9 Å². The Morgan fingerprint density at radius 3 is 2.00 bits per heavy atom. The molecule has 0 aliphatic heterocycles. The van der Waals surface area contributed by atoms with Gasteiger partial charge in [0.2, 0.25) is 5.91 Å². The number of carboxylic acids is 1. The van der Waals surface area contributed by atoms with Crippen LogP contribution in [-0.4, -0.2) is 28.7 Å². The summed E-state index contributed by atoms with van der Waals surface area (Å²) in [6.45, 7) is 9.38. The molecule has 0 heterocycles. The van der Waals surface area contributed by atoms with Crippen LogP contribution in [-0.2, 0) is 16.0 Å². The molecular formula is C26H30Cl2F3NO3. The minimum absolute atomic E-state index is 0.178. The molecule has 0 saturated heterocycles. The molecule has 2 aromatic rings. The Hall–Kier alpha value is -2.25. The van der Waals surface area contributed by atoms with Gasteiger partial charge in [-0.1, -0.05) is 55.2 Å². The number of benzene rings is 2. The van der Waals surface area contributed by atoms with E-state index in [2.05, 4.69) is 0 Å². The number of rotatable bonds is 7.